The Bertz CT molecular complexity index is 515. The highest BCUT2D eigenvalue weighted by Gasteiger charge is 2.19. The van der Waals surface area contributed by atoms with E-state index in [4.69, 9.17) is 0 Å². The second-order valence-corrected chi connectivity index (χ2v) is 6.27. The Labute approximate surface area is 112 Å². The van der Waals surface area contributed by atoms with Crippen molar-refractivity contribution in [1.82, 2.24) is 14.6 Å². The van der Waals surface area contributed by atoms with Crippen LogP contribution in [0, 0.1) is 5.82 Å². The first-order chi connectivity index (χ1) is 9.09. The fourth-order valence-electron chi connectivity index (χ4n) is 2.15. The zero-order chi connectivity index (χ0) is 13.7. The molecule has 0 atom stereocenters. The van der Waals surface area contributed by atoms with Crippen molar-refractivity contribution in [2.24, 2.45) is 0 Å². The predicted octanol–water partition coefficient (Wildman–Crippen LogP) is 0.985. The molecule has 1 aromatic rings. The zero-order valence-electron chi connectivity index (χ0n) is 10.7. The summed E-state index contributed by atoms with van der Waals surface area (Å²) in [7, 11) is -3.84. The van der Waals surface area contributed by atoms with Gasteiger partial charge in [0.25, 0.3) is 10.0 Å². The Hall–Kier alpha value is -1.05. The van der Waals surface area contributed by atoms with E-state index in [0.717, 1.165) is 25.7 Å². The van der Waals surface area contributed by atoms with Gasteiger partial charge in [0.05, 0.1) is 0 Å². The number of hydrogen-bond acceptors (Lipinski definition) is 4. The maximum absolute atomic E-state index is 13.4. The van der Waals surface area contributed by atoms with Gasteiger partial charge in [-0.1, -0.05) is 0 Å². The van der Waals surface area contributed by atoms with Crippen molar-refractivity contribution in [3.05, 3.63) is 24.1 Å². The van der Waals surface area contributed by atoms with Gasteiger partial charge in [-0.15, -0.1) is 0 Å². The van der Waals surface area contributed by atoms with Crippen molar-refractivity contribution >= 4 is 10.0 Å². The summed E-state index contributed by atoms with van der Waals surface area (Å²) in [4.78, 5) is 5.87. The molecule has 7 heteroatoms. The molecule has 1 aliphatic heterocycles. The predicted molar refractivity (Wildman–Crippen MR) is 69.7 cm³/mol. The van der Waals surface area contributed by atoms with Gasteiger partial charge < -0.3 is 4.90 Å². The maximum Gasteiger partial charge on any atom is 0.261 e. The minimum Gasteiger partial charge on any atom is -0.303 e. The molecule has 0 unspecified atom stereocenters. The van der Waals surface area contributed by atoms with E-state index in [-0.39, 0.29) is 0 Å². The Kier molecular flexibility index (Phi) is 4.84. The van der Waals surface area contributed by atoms with E-state index in [1.54, 1.807) is 0 Å². The standard InChI is InChI=1S/C12H18FN3O2S/c13-11-5-3-6-14-12(11)19(17,18)15-7-4-10-16-8-1-2-9-16/h3,5-6,15H,1-2,4,7-10H2. The molecule has 1 aromatic heterocycles. The monoisotopic (exact) mass is 287 g/mol. The third-order valence-corrected chi connectivity index (χ3v) is 4.51. The number of likely N-dealkylation sites (tertiary alicyclic amines) is 1. The number of halogens is 1. The van der Waals surface area contributed by atoms with Crippen LogP contribution in [0.15, 0.2) is 23.4 Å². The summed E-state index contributed by atoms with van der Waals surface area (Å²) in [5, 5.41) is -0.531. The first kappa shape index (κ1) is 14.4. The van der Waals surface area contributed by atoms with Crippen LogP contribution in [0.5, 0.6) is 0 Å². The second-order valence-electron chi connectivity index (χ2n) is 4.59. The first-order valence-corrected chi connectivity index (χ1v) is 7.90. The van der Waals surface area contributed by atoms with Gasteiger partial charge in [0.1, 0.15) is 0 Å². The molecule has 0 saturated carbocycles. The molecule has 0 aromatic carbocycles. The average Bonchev–Trinajstić information content (AvgIpc) is 2.88. The van der Waals surface area contributed by atoms with Gasteiger partial charge in [-0.3, -0.25) is 0 Å². The summed E-state index contributed by atoms with van der Waals surface area (Å²) in [5.74, 6) is -0.824. The highest BCUT2D eigenvalue weighted by atomic mass is 32.2. The van der Waals surface area contributed by atoms with Crippen molar-refractivity contribution in [3.8, 4) is 0 Å². The molecular weight excluding hydrogens is 269 g/mol. The second kappa shape index (κ2) is 6.40. The summed E-state index contributed by atoms with van der Waals surface area (Å²) in [6, 6.07) is 2.45. The minimum absolute atomic E-state index is 0.300. The van der Waals surface area contributed by atoms with Crippen LogP contribution < -0.4 is 4.72 Å². The number of nitrogens with zero attached hydrogens (tertiary/aromatic N) is 2. The Morgan fingerprint density at radius 3 is 2.79 bits per heavy atom. The van der Waals surface area contributed by atoms with Crippen LogP contribution in [-0.2, 0) is 10.0 Å². The summed E-state index contributed by atoms with van der Waals surface area (Å²) in [6.07, 6.45) is 4.41. The number of aromatic nitrogens is 1. The first-order valence-electron chi connectivity index (χ1n) is 6.42. The number of pyridine rings is 1. The van der Waals surface area contributed by atoms with Gasteiger partial charge in [0, 0.05) is 12.7 Å². The van der Waals surface area contributed by atoms with Gasteiger partial charge in [-0.05, 0) is 51.0 Å². The lowest BCUT2D eigenvalue weighted by molar-refractivity contribution is 0.334. The molecule has 0 radical (unpaired) electrons. The molecule has 0 spiro atoms. The van der Waals surface area contributed by atoms with Crippen LogP contribution in [-0.4, -0.2) is 44.5 Å². The van der Waals surface area contributed by atoms with Crippen molar-refractivity contribution in [2.75, 3.05) is 26.2 Å². The topological polar surface area (TPSA) is 62.3 Å². The quantitative estimate of drug-likeness (QED) is 0.792. The molecule has 19 heavy (non-hydrogen) atoms. The lowest BCUT2D eigenvalue weighted by Gasteiger charge is -2.14. The molecule has 106 valence electrons. The molecular formula is C12H18FN3O2S. The molecule has 1 saturated heterocycles. The maximum atomic E-state index is 13.4. The third-order valence-electron chi connectivity index (χ3n) is 3.12. The highest BCUT2D eigenvalue weighted by Crippen LogP contribution is 2.10. The lowest BCUT2D eigenvalue weighted by atomic mass is 10.4. The van der Waals surface area contributed by atoms with Gasteiger partial charge in [0.15, 0.2) is 5.82 Å². The third kappa shape index (κ3) is 3.95. The molecule has 0 amide bonds. The molecule has 2 heterocycles. The van der Waals surface area contributed by atoms with Crippen LogP contribution >= 0.6 is 0 Å². The van der Waals surface area contributed by atoms with E-state index in [1.165, 1.54) is 25.1 Å². The smallest absolute Gasteiger partial charge is 0.261 e. The molecule has 1 aliphatic rings. The number of sulfonamides is 1. The van der Waals surface area contributed by atoms with Crippen LogP contribution in [0.1, 0.15) is 19.3 Å². The van der Waals surface area contributed by atoms with Crippen molar-refractivity contribution < 1.29 is 12.8 Å². The van der Waals surface area contributed by atoms with Gasteiger partial charge >= 0.3 is 0 Å². The number of rotatable bonds is 6. The van der Waals surface area contributed by atoms with E-state index in [0.29, 0.717) is 13.0 Å². The number of hydrogen-bond donors (Lipinski definition) is 1. The van der Waals surface area contributed by atoms with Crippen LogP contribution in [0.3, 0.4) is 0 Å². The Balaban J connectivity index is 1.82. The SMILES string of the molecule is O=S(=O)(NCCCN1CCCC1)c1ncccc1F. The van der Waals surface area contributed by atoms with Gasteiger partial charge in [-0.25, -0.2) is 22.5 Å². The van der Waals surface area contributed by atoms with Crippen LogP contribution in [0.25, 0.3) is 0 Å². The largest absolute Gasteiger partial charge is 0.303 e. The van der Waals surface area contributed by atoms with Crippen molar-refractivity contribution in [3.63, 3.8) is 0 Å². The van der Waals surface area contributed by atoms with Crippen molar-refractivity contribution in [2.45, 2.75) is 24.3 Å². The Morgan fingerprint density at radius 2 is 2.11 bits per heavy atom. The molecule has 5 nitrogen and oxygen atoms in total. The normalized spacial score (nSPS) is 16.9. The fraction of sp³-hybridized carbons (Fsp3) is 0.583. The molecule has 0 aliphatic carbocycles. The Morgan fingerprint density at radius 1 is 1.37 bits per heavy atom. The van der Waals surface area contributed by atoms with E-state index in [1.807, 2.05) is 0 Å². The van der Waals surface area contributed by atoms with E-state index in [9.17, 15) is 12.8 Å². The molecule has 2 rings (SSSR count). The summed E-state index contributed by atoms with van der Waals surface area (Å²) in [6.45, 7) is 3.34. The molecule has 1 N–H and O–H groups in total. The zero-order valence-corrected chi connectivity index (χ0v) is 11.5. The summed E-state index contributed by atoms with van der Waals surface area (Å²) < 4.78 is 39.4. The molecule has 0 bridgehead atoms. The van der Waals surface area contributed by atoms with Gasteiger partial charge in [0.2, 0.25) is 5.03 Å². The number of nitrogens with one attached hydrogen (secondary N) is 1. The van der Waals surface area contributed by atoms with E-state index < -0.39 is 20.9 Å². The average molecular weight is 287 g/mol. The van der Waals surface area contributed by atoms with E-state index in [2.05, 4.69) is 14.6 Å². The molecule has 1 fully saturated rings. The van der Waals surface area contributed by atoms with Crippen LogP contribution in [0.2, 0.25) is 0 Å². The van der Waals surface area contributed by atoms with Crippen LogP contribution in [0.4, 0.5) is 4.39 Å². The van der Waals surface area contributed by atoms with Gasteiger partial charge in [-0.2, -0.15) is 0 Å². The lowest BCUT2D eigenvalue weighted by Crippen LogP contribution is -2.29. The van der Waals surface area contributed by atoms with Crippen molar-refractivity contribution in [1.29, 1.82) is 0 Å². The summed E-state index contributed by atoms with van der Waals surface area (Å²) >= 11 is 0. The highest BCUT2D eigenvalue weighted by molar-refractivity contribution is 7.89. The fourth-order valence-corrected chi connectivity index (χ4v) is 3.23. The minimum atomic E-state index is -3.84. The summed E-state index contributed by atoms with van der Waals surface area (Å²) in [5.41, 5.74) is 0. The van der Waals surface area contributed by atoms with E-state index >= 15 is 0 Å².